The zero-order valence-electron chi connectivity index (χ0n) is 21.0. The zero-order valence-corrected chi connectivity index (χ0v) is 22.6. The van der Waals surface area contributed by atoms with Crippen LogP contribution in [0.5, 0.6) is 0 Å². The van der Waals surface area contributed by atoms with Crippen LogP contribution in [0.25, 0.3) is 21.8 Å². The highest BCUT2D eigenvalue weighted by atomic mass is 32.2. The summed E-state index contributed by atoms with van der Waals surface area (Å²) < 4.78 is 54.1. The molecule has 2 N–H and O–H groups in total. The lowest BCUT2D eigenvalue weighted by atomic mass is 10.0. The van der Waals surface area contributed by atoms with Crippen molar-refractivity contribution in [1.82, 2.24) is 15.0 Å². The van der Waals surface area contributed by atoms with Gasteiger partial charge in [-0.2, -0.15) is 0 Å². The molecule has 0 amide bonds. The first-order valence-corrected chi connectivity index (χ1v) is 14.6. The van der Waals surface area contributed by atoms with Gasteiger partial charge in [0.1, 0.15) is 11.2 Å². The molecular weight excluding hydrogens is 529 g/mol. The molecule has 1 aromatic carbocycles. The van der Waals surface area contributed by atoms with Crippen LogP contribution in [0.1, 0.15) is 37.6 Å². The topological polar surface area (TPSA) is 119 Å². The molecule has 3 aromatic heterocycles. The minimum atomic E-state index is -4.03. The first kappa shape index (κ1) is 26.3. The molecule has 0 aliphatic carbocycles. The minimum Gasteiger partial charge on any atom is -0.471 e. The summed E-state index contributed by atoms with van der Waals surface area (Å²) in [5, 5.41) is 4.10. The van der Waals surface area contributed by atoms with Crippen LogP contribution in [0, 0.1) is 11.7 Å². The Morgan fingerprint density at radius 1 is 1.16 bits per heavy atom. The van der Waals surface area contributed by atoms with E-state index < -0.39 is 15.8 Å². The van der Waals surface area contributed by atoms with Gasteiger partial charge in [0, 0.05) is 37.4 Å². The van der Waals surface area contributed by atoms with Gasteiger partial charge < -0.3 is 14.5 Å². The number of ether oxygens (including phenoxy) is 1. The van der Waals surface area contributed by atoms with Gasteiger partial charge >= 0.3 is 0 Å². The molecule has 0 atom stereocenters. The van der Waals surface area contributed by atoms with Crippen molar-refractivity contribution in [2.24, 2.45) is 5.92 Å². The summed E-state index contributed by atoms with van der Waals surface area (Å²) in [5.74, 6) is 0.346. The van der Waals surface area contributed by atoms with Gasteiger partial charge in [0.05, 0.1) is 33.2 Å². The van der Waals surface area contributed by atoms with Crippen LogP contribution < -0.4 is 10.0 Å². The average Bonchev–Trinajstić information content (AvgIpc) is 3.61. The average molecular weight is 558 g/mol. The van der Waals surface area contributed by atoms with Crippen LogP contribution >= 0.6 is 11.3 Å². The van der Waals surface area contributed by atoms with E-state index in [1.165, 1.54) is 29.7 Å². The number of rotatable bonds is 9. The van der Waals surface area contributed by atoms with E-state index in [0.717, 1.165) is 24.1 Å². The summed E-state index contributed by atoms with van der Waals surface area (Å²) in [7, 11) is -4.03. The fourth-order valence-corrected chi connectivity index (χ4v) is 6.28. The fourth-order valence-electron chi connectivity index (χ4n) is 4.08. The molecule has 0 unspecified atom stereocenters. The fraction of sp³-hybridized carbons (Fsp3) is 0.346. The highest BCUT2D eigenvalue weighted by Crippen LogP contribution is 2.42. The number of hydrogen-bond acceptors (Lipinski definition) is 9. The normalized spacial score (nSPS) is 14.6. The number of thiazole rings is 1. The Kier molecular flexibility index (Phi) is 7.73. The molecule has 9 nitrogen and oxygen atoms in total. The SMILES string of the molecule is CC(C)CNc1nccc(-c2sc(C3CCOCC3)nc2-c2cccc(NS(=O)(=O)c3ccoc3)c2F)n1. The third-order valence-electron chi connectivity index (χ3n) is 6.07. The largest absolute Gasteiger partial charge is 0.471 e. The van der Waals surface area contributed by atoms with Gasteiger partial charge in [-0.1, -0.05) is 19.9 Å². The maximum Gasteiger partial charge on any atom is 0.265 e. The lowest BCUT2D eigenvalue weighted by molar-refractivity contribution is 0.0853. The van der Waals surface area contributed by atoms with Crippen LogP contribution in [-0.2, 0) is 14.8 Å². The van der Waals surface area contributed by atoms with E-state index in [1.54, 1.807) is 24.4 Å². The number of nitrogens with one attached hydrogen (secondary N) is 2. The molecule has 1 aliphatic rings. The second-order valence-electron chi connectivity index (χ2n) is 9.39. The van der Waals surface area contributed by atoms with Crippen LogP contribution in [0.3, 0.4) is 0 Å². The van der Waals surface area contributed by atoms with E-state index in [9.17, 15) is 8.42 Å². The van der Waals surface area contributed by atoms with Crippen molar-refractivity contribution >= 4 is 33.0 Å². The molecule has 0 spiro atoms. The number of anilines is 2. The van der Waals surface area contributed by atoms with Gasteiger partial charge in [0.25, 0.3) is 10.0 Å². The van der Waals surface area contributed by atoms with Gasteiger partial charge in [0.2, 0.25) is 5.95 Å². The summed E-state index contributed by atoms with van der Waals surface area (Å²) in [6.07, 6.45) is 5.64. The molecule has 1 fully saturated rings. The number of aromatic nitrogens is 3. The third-order valence-corrected chi connectivity index (χ3v) is 8.66. The van der Waals surface area contributed by atoms with Crippen molar-refractivity contribution in [2.45, 2.75) is 37.5 Å². The van der Waals surface area contributed by atoms with Crippen molar-refractivity contribution in [2.75, 3.05) is 29.8 Å². The molecule has 4 aromatic rings. The Bertz CT molecular complexity index is 1500. The van der Waals surface area contributed by atoms with Gasteiger partial charge in [-0.05, 0) is 43.0 Å². The van der Waals surface area contributed by atoms with Gasteiger partial charge in [-0.15, -0.1) is 11.3 Å². The summed E-state index contributed by atoms with van der Waals surface area (Å²) in [6, 6.07) is 7.63. The van der Waals surface area contributed by atoms with Crippen LogP contribution in [0.4, 0.5) is 16.0 Å². The molecule has 4 heterocycles. The molecule has 12 heteroatoms. The number of benzene rings is 1. The maximum absolute atomic E-state index is 15.9. The molecule has 1 saturated heterocycles. The smallest absolute Gasteiger partial charge is 0.265 e. The summed E-state index contributed by atoms with van der Waals surface area (Å²) in [5.41, 5.74) is 1.02. The number of halogens is 1. The monoisotopic (exact) mass is 557 g/mol. The predicted molar refractivity (Wildman–Crippen MR) is 144 cm³/mol. The molecule has 0 saturated carbocycles. The van der Waals surface area contributed by atoms with Crippen LogP contribution in [-0.4, -0.2) is 43.1 Å². The summed E-state index contributed by atoms with van der Waals surface area (Å²) >= 11 is 1.47. The predicted octanol–water partition coefficient (Wildman–Crippen LogP) is 5.76. The van der Waals surface area contributed by atoms with E-state index in [-0.39, 0.29) is 22.1 Å². The standard InChI is InChI=1S/C26H28FN5O4S2/c1-16(2)14-29-26-28-10-6-21(30-26)24-23(31-25(37-24)17-7-11-35-12-8-17)19-4-3-5-20(22(19)27)32-38(33,34)18-9-13-36-15-18/h3-6,9-10,13,15-17,32H,7-8,11-12,14H2,1-2H3,(H,28,29,30). The minimum absolute atomic E-state index is 0.0964. The maximum atomic E-state index is 15.9. The van der Waals surface area contributed by atoms with Crippen molar-refractivity contribution < 1.29 is 22.0 Å². The number of hydrogen-bond donors (Lipinski definition) is 2. The second-order valence-corrected chi connectivity index (χ2v) is 12.1. The van der Waals surface area contributed by atoms with Crippen molar-refractivity contribution in [3.05, 3.63) is 59.9 Å². The zero-order chi connectivity index (χ0) is 26.7. The van der Waals surface area contributed by atoms with Gasteiger partial charge in [-0.25, -0.2) is 27.8 Å². The van der Waals surface area contributed by atoms with Crippen molar-refractivity contribution in [3.8, 4) is 21.8 Å². The molecule has 0 bridgehead atoms. The van der Waals surface area contributed by atoms with Crippen LogP contribution in [0.15, 0.2) is 58.4 Å². The lowest BCUT2D eigenvalue weighted by Crippen LogP contribution is -2.14. The molecule has 0 radical (unpaired) electrons. The second kappa shape index (κ2) is 11.2. The third kappa shape index (κ3) is 5.71. The Morgan fingerprint density at radius 2 is 1.97 bits per heavy atom. The highest BCUT2D eigenvalue weighted by molar-refractivity contribution is 7.92. The Hall–Kier alpha value is -3.35. The van der Waals surface area contributed by atoms with Gasteiger partial charge in [-0.3, -0.25) is 4.72 Å². The highest BCUT2D eigenvalue weighted by Gasteiger charge is 2.27. The first-order valence-electron chi connectivity index (χ1n) is 12.3. The Labute approximate surface area is 224 Å². The Balaban J connectivity index is 1.57. The molecular formula is C26H28FN5O4S2. The van der Waals surface area contributed by atoms with E-state index in [1.807, 2.05) is 0 Å². The molecule has 5 rings (SSSR count). The molecule has 1 aliphatic heterocycles. The van der Waals surface area contributed by atoms with E-state index >= 15 is 4.39 Å². The van der Waals surface area contributed by atoms with Crippen LogP contribution in [0.2, 0.25) is 0 Å². The van der Waals surface area contributed by atoms with Crippen molar-refractivity contribution in [1.29, 1.82) is 0 Å². The lowest BCUT2D eigenvalue weighted by Gasteiger charge is -2.19. The van der Waals surface area contributed by atoms with Gasteiger partial charge in [0.15, 0.2) is 5.82 Å². The molecule has 38 heavy (non-hydrogen) atoms. The number of nitrogens with zero attached hydrogens (tertiary/aromatic N) is 3. The first-order chi connectivity index (χ1) is 18.3. The van der Waals surface area contributed by atoms with E-state index in [2.05, 4.69) is 33.9 Å². The number of sulfonamides is 1. The van der Waals surface area contributed by atoms with E-state index in [0.29, 0.717) is 47.9 Å². The van der Waals surface area contributed by atoms with Crippen molar-refractivity contribution in [3.63, 3.8) is 0 Å². The van der Waals surface area contributed by atoms with E-state index in [4.69, 9.17) is 14.1 Å². The number of furan rings is 1. The quantitative estimate of drug-likeness (QED) is 0.267. The molecule has 200 valence electrons. The summed E-state index contributed by atoms with van der Waals surface area (Å²) in [6.45, 7) is 6.18. The Morgan fingerprint density at radius 3 is 2.71 bits per heavy atom. The summed E-state index contributed by atoms with van der Waals surface area (Å²) in [4.78, 5) is 14.5.